The summed E-state index contributed by atoms with van der Waals surface area (Å²) in [6.45, 7) is 0. The molecule has 13 heavy (non-hydrogen) atoms. The van der Waals surface area contributed by atoms with Crippen LogP contribution in [-0.2, 0) is 0 Å². The van der Waals surface area contributed by atoms with Gasteiger partial charge in [0.1, 0.15) is 0 Å². The number of thiol groups is 1. The summed E-state index contributed by atoms with van der Waals surface area (Å²) in [6.07, 6.45) is 0.781. The van der Waals surface area contributed by atoms with E-state index >= 15 is 0 Å². The highest BCUT2D eigenvalue weighted by molar-refractivity contribution is 7.80. The summed E-state index contributed by atoms with van der Waals surface area (Å²) in [5, 5.41) is 1.10. The van der Waals surface area contributed by atoms with Gasteiger partial charge in [-0.3, -0.25) is 0 Å². The van der Waals surface area contributed by atoms with Crippen molar-refractivity contribution in [1.29, 1.82) is 0 Å². The third-order valence-corrected chi connectivity index (χ3v) is 2.35. The molecule has 0 heterocycles. The van der Waals surface area contributed by atoms with Crippen LogP contribution in [0.4, 0.5) is 0 Å². The van der Waals surface area contributed by atoms with Gasteiger partial charge in [0.25, 0.3) is 0 Å². The number of rotatable bonds is 1. The van der Waals surface area contributed by atoms with E-state index < -0.39 is 0 Å². The first-order valence-corrected chi connectivity index (χ1v) is 5.17. The highest BCUT2D eigenvalue weighted by Gasteiger charge is 1.95. The summed E-state index contributed by atoms with van der Waals surface area (Å²) < 4.78 is 0. The lowest BCUT2D eigenvalue weighted by Crippen LogP contribution is -1.75. The molecule has 0 aromatic heterocycles. The molecule has 0 bridgehead atoms. The third kappa shape index (κ3) is 3.52. The monoisotopic (exact) mass is 230 g/mol. The fourth-order valence-electron chi connectivity index (χ4n) is 0.794. The summed E-state index contributed by atoms with van der Waals surface area (Å²) in [6, 6.07) is 5.35. The summed E-state index contributed by atoms with van der Waals surface area (Å²) in [7, 11) is 0. The van der Waals surface area contributed by atoms with Crippen molar-refractivity contribution in [3.05, 3.63) is 33.8 Å². The first-order chi connectivity index (χ1) is 6.24. The molecule has 3 heteroatoms. The number of halogens is 2. The molecule has 0 unspecified atom stereocenters. The average Bonchev–Trinajstić information content (AvgIpc) is 2.12. The fraction of sp³-hybridized carbons (Fsp3) is 0.200. The van der Waals surface area contributed by atoms with Crippen molar-refractivity contribution in [2.75, 3.05) is 5.75 Å². The second kappa shape index (κ2) is 5.44. The van der Waals surface area contributed by atoms with Crippen molar-refractivity contribution in [1.82, 2.24) is 0 Å². The zero-order valence-electron chi connectivity index (χ0n) is 6.85. The normalized spacial score (nSPS) is 9.15. The second-order valence-corrected chi connectivity index (χ2v) is 3.67. The van der Waals surface area contributed by atoms with Crippen molar-refractivity contribution in [3.8, 4) is 11.8 Å². The molecule has 0 saturated heterocycles. The molecular formula is C10H8Cl2S. The summed E-state index contributed by atoms with van der Waals surface area (Å²) in [5.41, 5.74) is 0.885. The van der Waals surface area contributed by atoms with Crippen LogP contribution in [0.3, 0.4) is 0 Å². The molecule has 1 aromatic carbocycles. The molecule has 0 spiro atoms. The molecule has 0 N–H and O–H groups in total. The maximum atomic E-state index is 5.81. The molecule has 1 rings (SSSR count). The highest BCUT2D eigenvalue weighted by Crippen LogP contribution is 2.21. The number of hydrogen-bond acceptors (Lipinski definition) is 1. The molecule has 68 valence electrons. The van der Waals surface area contributed by atoms with Crippen LogP contribution in [0.25, 0.3) is 0 Å². The Bertz CT molecular complexity index is 350. The van der Waals surface area contributed by atoms with Crippen molar-refractivity contribution >= 4 is 35.8 Å². The van der Waals surface area contributed by atoms with E-state index in [9.17, 15) is 0 Å². The van der Waals surface area contributed by atoms with Gasteiger partial charge in [-0.2, -0.15) is 12.6 Å². The van der Waals surface area contributed by atoms with Crippen LogP contribution in [0, 0.1) is 11.8 Å². The molecule has 0 atom stereocenters. The van der Waals surface area contributed by atoms with Gasteiger partial charge in [0, 0.05) is 17.7 Å². The van der Waals surface area contributed by atoms with Gasteiger partial charge in [0.15, 0.2) is 0 Å². The summed E-state index contributed by atoms with van der Waals surface area (Å²) >= 11 is 15.6. The molecule has 0 saturated carbocycles. The van der Waals surface area contributed by atoms with E-state index in [0.717, 1.165) is 17.7 Å². The van der Waals surface area contributed by atoms with Crippen LogP contribution in [0.1, 0.15) is 12.0 Å². The van der Waals surface area contributed by atoms with Crippen molar-refractivity contribution in [2.24, 2.45) is 0 Å². The van der Waals surface area contributed by atoms with Gasteiger partial charge >= 0.3 is 0 Å². The van der Waals surface area contributed by atoms with Gasteiger partial charge in [-0.15, -0.1) is 0 Å². The smallest absolute Gasteiger partial charge is 0.0604 e. The van der Waals surface area contributed by atoms with Crippen molar-refractivity contribution < 1.29 is 0 Å². The van der Waals surface area contributed by atoms with E-state index in [1.807, 2.05) is 6.07 Å². The van der Waals surface area contributed by atoms with Crippen LogP contribution in [0.2, 0.25) is 10.0 Å². The Morgan fingerprint density at radius 1 is 1.23 bits per heavy atom. The Hall–Kier alpha value is -0.290. The van der Waals surface area contributed by atoms with Gasteiger partial charge in [-0.25, -0.2) is 0 Å². The standard InChI is InChI=1S/C10H8Cl2S/c11-9-5-4-8(7-10(9)12)3-1-2-6-13/h4-5,7,13H,2,6H2. The minimum atomic E-state index is 0.541. The Balaban J connectivity index is 2.81. The van der Waals surface area contributed by atoms with Gasteiger partial charge in [0.2, 0.25) is 0 Å². The molecule has 0 aliphatic rings. The Kier molecular flexibility index (Phi) is 4.52. The van der Waals surface area contributed by atoms with Crippen LogP contribution in [0.5, 0.6) is 0 Å². The van der Waals surface area contributed by atoms with Crippen molar-refractivity contribution in [3.63, 3.8) is 0 Å². The highest BCUT2D eigenvalue weighted by atomic mass is 35.5. The molecule has 1 aromatic rings. The molecule has 0 nitrogen and oxygen atoms in total. The molecule has 0 amide bonds. The second-order valence-electron chi connectivity index (χ2n) is 2.40. The fourth-order valence-corrected chi connectivity index (χ4v) is 1.20. The molecular weight excluding hydrogens is 223 g/mol. The minimum Gasteiger partial charge on any atom is -0.178 e. The SMILES string of the molecule is SCCC#Cc1ccc(Cl)c(Cl)c1. The quantitative estimate of drug-likeness (QED) is 0.553. The van der Waals surface area contributed by atoms with Crippen LogP contribution < -0.4 is 0 Å². The van der Waals surface area contributed by atoms with E-state index in [4.69, 9.17) is 23.2 Å². The predicted octanol–water partition coefficient (Wildman–Crippen LogP) is 3.66. The van der Waals surface area contributed by atoms with E-state index in [0.29, 0.717) is 10.0 Å². The zero-order chi connectivity index (χ0) is 9.68. The largest absolute Gasteiger partial charge is 0.178 e. The van der Waals surface area contributed by atoms with Gasteiger partial charge in [-0.1, -0.05) is 35.0 Å². The van der Waals surface area contributed by atoms with Crippen LogP contribution >= 0.6 is 35.8 Å². The molecule has 0 fully saturated rings. The number of benzene rings is 1. The van der Waals surface area contributed by atoms with E-state index in [1.165, 1.54) is 0 Å². The topological polar surface area (TPSA) is 0 Å². The molecule has 0 aliphatic carbocycles. The Morgan fingerprint density at radius 3 is 2.62 bits per heavy atom. The van der Waals surface area contributed by atoms with Crippen molar-refractivity contribution in [2.45, 2.75) is 6.42 Å². The summed E-state index contributed by atoms with van der Waals surface area (Å²) in [5.74, 6) is 6.71. The Labute approximate surface area is 93.7 Å². The maximum absolute atomic E-state index is 5.81. The third-order valence-electron chi connectivity index (χ3n) is 1.39. The first-order valence-electron chi connectivity index (χ1n) is 3.79. The van der Waals surface area contributed by atoms with E-state index in [1.54, 1.807) is 12.1 Å². The molecule has 0 radical (unpaired) electrons. The van der Waals surface area contributed by atoms with E-state index in [-0.39, 0.29) is 0 Å². The van der Waals surface area contributed by atoms with Crippen LogP contribution in [0.15, 0.2) is 18.2 Å². The van der Waals surface area contributed by atoms with Gasteiger partial charge in [-0.05, 0) is 18.2 Å². The lowest BCUT2D eigenvalue weighted by molar-refractivity contribution is 1.31. The maximum Gasteiger partial charge on any atom is 0.0604 e. The number of hydrogen-bond donors (Lipinski definition) is 1. The minimum absolute atomic E-state index is 0.541. The van der Waals surface area contributed by atoms with E-state index in [2.05, 4.69) is 24.5 Å². The lowest BCUT2D eigenvalue weighted by Gasteiger charge is -1.94. The first kappa shape index (κ1) is 10.8. The lowest BCUT2D eigenvalue weighted by atomic mass is 10.2. The van der Waals surface area contributed by atoms with Gasteiger partial charge in [0.05, 0.1) is 10.0 Å². The van der Waals surface area contributed by atoms with Crippen LogP contribution in [-0.4, -0.2) is 5.75 Å². The predicted molar refractivity (Wildman–Crippen MR) is 61.8 cm³/mol. The Morgan fingerprint density at radius 2 is 2.00 bits per heavy atom. The average molecular weight is 231 g/mol. The summed E-state index contributed by atoms with van der Waals surface area (Å²) in [4.78, 5) is 0. The van der Waals surface area contributed by atoms with Gasteiger partial charge < -0.3 is 0 Å². The zero-order valence-corrected chi connectivity index (χ0v) is 9.26. The molecule has 0 aliphatic heterocycles.